The van der Waals surface area contributed by atoms with E-state index in [1.807, 2.05) is 17.0 Å². The molecule has 11 nitrogen and oxygen atoms in total. The number of nitrogens with zero attached hydrogens (tertiary/aromatic N) is 10. The van der Waals surface area contributed by atoms with Crippen molar-refractivity contribution in [3.63, 3.8) is 0 Å². The van der Waals surface area contributed by atoms with Crippen LogP contribution in [-0.4, -0.2) is 67.9 Å². The summed E-state index contributed by atoms with van der Waals surface area (Å²) in [6.45, 7) is 3.06. The predicted octanol–water partition coefficient (Wildman–Crippen LogP) is 2.67. The first kappa shape index (κ1) is 23.8. The Morgan fingerprint density at radius 2 is 1.84 bits per heavy atom. The van der Waals surface area contributed by atoms with Gasteiger partial charge in [0.05, 0.1) is 30.1 Å². The van der Waals surface area contributed by atoms with Gasteiger partial charge in [-0.25, -0.2) is 28.6 Å². The molecule has 0 spiro atoms. The van der Waals surface area contributed by atoms with Crippen LogP contribution in [0, 0.1) is 41.2 Å². The molecule has 0 aliphatic carbocycles. The van der Waals surface area contributed by atoms with Crippen molar-refractivity contribution in [3.05, 3.63) is 64.9 Å². The molecule has 3 aromatic rings. The zero-order chi connectivity index (χ0) is 26.1. The third-order valence-electron chi connectivity index (χ3n) is 6.27. The fourth-order valence-corrected chi connectivity index (χ4v) is 4.44. The minimum Gasteiger partial charge on any atom is -0.337 e. The third-order valence-corrected chi connectivity index (χ3v) is 6.27. The molecule has 0 N–H and O–H groups in total. The van der Waals surface area contributed by atoms with Gasteiger partial charge in [-0.05, 0) is 30.7 Å². The Morgan fingerprint density at radius 1 is 1.05 bits per heavy atom. The van der Waals surface area contributed by atoms with Crippen LogP contribution in [0.15, 0.2) is 35.7 Å². The van der Waals surface area contributed by atoms with E-state index in [-0.39, 0.29) is 29.1 Å². The molecule has 1 aromatic carbocycles. The normalized spacial score (nSPS) is 17.1. The molecule has 37 heavy (non-hydrogen) atoms. The van der Waals surface area contributed by atoms with Crippen LogP contribution in [0.5, 0.6) is 0 Å². The molecule has 186 valence electrons. The van der Waals surface area contributed by atoms with E-state index in [0.29, 0.717) is 44.0 Å². The van der Waals surface area contributed by atoms with Crippen molar-refractivity contribution in [2.24, 2.45) is 5.10 Å². The Hall–Kier alpha value is -4.91. The molecule has 1 atom stereocenters. The summed E-state index contributed by atoms with van der Waals surface area (Å²) in [6, 6.07) is 7.06. The van der Waals surface area contributed by atoms with Crippen LogP contribution < -0.4 is 4.90 Å². The smallest absolute Gasteiger partial charge is 0.337 e. The second-order valence-corrected chi connectivity index (χ2v) is 8.52. The molecular formula is C24H20F2N10O. The summed E-state index contributed by atoms with van der Waals surface area (Å²) >= 11 is 0. The zero-order valence-corrected chi connectivity index (χ0v) is 19.7. The number of carbonyl (C=O) groups excluding carboxylic acids is 1. The third kappa shape index (κ3) is 4.43. The quantitative estimate of drug-likeness (QED) is 0.538. The molecule has 2 aromatic heterocycles. The number of amides is 2. The summed E-state index contributed by atoms with van der Waals surface area (Å²) < 4.78 is 29.9. The highest BCUT2D eigenvalue weighted by molar-refractivity contribution is 5.78. The Bertz CT molecular complexity index is 1480. The van der Waals surface area contributed by atoms with Gasteiger partial charge in [-0.1, -0.05) is 0 Å². The van der Waals surface area contributed by atoms with Crippen LogP contribution in [0.4, 0.5) is 19.5 Å². The largest absolute Gasteiger partial charge is 0.341 e. The SMILES string of the molecule is Cc1ncc(C#N)n1-c1nc(N2CCN(C(=O)N3N=CCC3c3cc(F)cc(C#N)c3)CC2)ncc1F. The number of imidazole rings is 1. The standard InChI is InChI=1S/C24H20F2N10O/c1-15-29-13-19(12-28)35(15)22-20(26)14-30-23(32-22)33-4-6-34(7-5-33)24(37)36-21(2-3-31-36)17-8-16(11-27)9-18(25)10-17/h3,8-10,13-14,21H,2,4-7H2,1H3. The van der Waals surface area contributed by atoms with E-state index in [1.165, 1.54) is 21.8 Å². The van der Waals surface area contributed by atoms with E-state index in [9.17, 15) is 18.8 Å². The molecule has 0 radical (unpaired) electrons. The van der Waals surface area contributed by atoms with Gasteiger partial charge in [0.1, 0.15) is 23.4 Å². The van der Waals surface area contributed by atoms with E-state index in [4.69, 9.17) is 5.26 Å². The Morgan fingerprint density at radius 3 is 2.57 bits per heavy atom. The maximum atomic E-state index is 14.6. The van der Waals surface area contributed by atoms with Crippen molar-refractivity contribution >= 4 is 18.2 Å². The lowest BCUT2D eigenvalue weighted by atomic mass is 10.0. The second kappa shape index (κ2) is 9.62. The lowest BCUT2D eigenvalue weighted by molar-refractivity contribution is 0.139. The van der Waals surface area contributed by atoms with Gasteiger partial charge >= 0.3 is 6.03 Å². The topological polar surface area (TPSA) is 130 Å². The van der Waals surface area contributed by atoms with Crippen molar-refractivity contribution in [1.29, 1.82) is 10.5 Å². The summed E-state index contributed by atoms with van der Waals surface area (Å²) in [7, 11) is 0. The van der Waals surface area contributed by atoms with Gasteiger partial charge in [0.15, 0.2) is 11.6 Å². The van der Waals surface area contributed by atoms with E-state index < -0.39 is 17.7 Å². The van der Waals surface area contributed by atoms with Crippen LogP contribution in [0.1, 0.15) is 35.1 Å². The minimum atomic E-state index is -0.690. The van der Waals surface area contributed by atoms with Crippen molar-refractivity contribution < 1.29 is 13.6 Å². The molecule has 2 aliphatic heterocycles. The van der Waals surface area contributed by atoms with Crippen molar-refractivity contribution in [2.75, 3.05) is 31.1 Å². The van der Waals surface area contributed by atoms with Crippen molar-refractivity contribution in [3.8, 4) is 18.0 Å². The first-order valence-electron chi connectivity index (χ1n) is 11.4. The molecule has 1 saturated heterocycles. The summed E-state index contributed by atoms with van der Waals surface area (Å²) in [6.07, 6.45) is 4.40. The molecule has 4 heterocycles. The maximum Gasteiger partial charge on any atom is 0.341 e. The number of aryl methyl sites for hydroxylation is 1. The number of hydrogen-bond donors (Lipinski definition) is 0. The summed E-state index contributed by atoms with van der Waals surface area (Å²) in [5.74, 6) is -0.632. The number of halogens is 2. The summed E-state index contributed by atoms with van der Waals surface area (Å²) in [4.78, 5) is 29.2. The molecule has 2 aliphatic rings. The highest BCUT2D eigenvalue weighted by Gasteiger charge is 2.34. The molecule has 13 heteroatoms. The van der Waals surface area contributed by atoms with E-state index in [2.05, 4.69) is 20.1 Å². The summed E-state index contributed by atoms with van der Waals surface area (Å²) in [5, 5.41) is 24.0. The van der Waals surface area contributed by atoms with Crippen LogP contribution in [-0.2, 0) is 0 Å². The fourth-order valence-electron chi connectivity index (χ4n) is 4.44. The monoisotopic (exact) mass is 502 g/mol. The predicted molar refractivity (Wildman–Crippen MR) is 127 cm³/mol. The van der Waals surface area contributed by atoms with E-state index >= 15 is 0 Å². The number of piperazine rings is 1. The molecule has 5 rings (SSSR count). The number of hydrazone groups is 1. The Balaban J connectivity index is 1.30. The van der Waals surface area contributed by atoms with Gasteiger partial charge in [-0.2, -0.15) is 20.6 Å². The van der Waals surface area contributed by atoms with E-state index in [1.54, 1.807) is 24.1 Å². The maximum absolute atomic E-state index is 14.6. The lowest BCUT2D eigenvalue weighted by Gasteiger charge is -2.37. The summed E-state index contributed by atoms with van der Waals surface area (Å²) in [5.41, 5.74) is 0.826. The number of carbonyl (C=O) groups is 1. The Kier molecular flexibility index (Phi) is 6.19. The van der Waals surface area contributed by atoms with Gasteiger partial charge in [0.25, 0.3) is 0 Å². The zero-order valence-electron chi connectivity index (χ0n) is 19.7. The average molecular weight is 502 g/mol. The minimum absolute atomic E-state index is 0.0730. The average Bonchev–Trinajstić information content (AvgIpc) is 3.55. The van der Waals surface area contributed by atoms with Crippen molar-refractivity contribution in [2.45, 2.75) is 19.4 Å². The van der Waals surface area contributed by atoms with Gasteiger partial charge in [-0.3, -0.25) is 4.57 Å². The number of hydrogen-bond acceptors (Lipinski definition) is 8. The fraction of sp³-hybridized carbons (Fsp3) is 0.292. The molecule has 1 fully saturated rings. The van der Waals surface area contributed by atoms with Gasteiger partial charge in [-0.15, -0.1) is 0 Å². The molecule has 0 saturated carbocycles. The van der Waals surface area contributed by atoms with Gasteiger partial charge < -0.3 is 9.80 Å². The molecule has 1 unspecified atom stereocenters. The molecule has 0 bridgehead atoms. The first-order valence-corrected chi connectivity index (χ1v) is 11.4. The van der Waals surface area contributed by atoms with Crippen LogP contribution >= 0.6 is 0 Å². The van der Waals surface area contributed by atoms with Crippen molar-refractivity contribution in [1.82, 2.24) is 29.4 Å². The highest BCUT2D eigenvalue weighted by atomic mass is 19.1. The van der Waals surface area contributed by atoms with Crippen LogP contribution in [0.3, 0.4) is 0 Å². The number of aromatic nitrogens is 4. The van der Waals surface area contributed by atoms with Gasteiger partial charge in [0.2, 0.25) is 5.95 Å². The Labute approximate surface area is 210 Å². The number of rotatable bonds is 3. The van der Waals surface area contributed by atoms with Gasteiger partial charge in [0, 0.05) is 38.8 Å². The van der Waals surface area contributed by atoms with E-state index in [0.717, 1.165) is 12.3 Å². The van der Waals surface area contributed by atoms with Crippen LogP contribution in [0.25, 0.3) is 5.82 Å². The molecular weight excluding hydrogens is 482 g/mol. The first-order chi connectivity index (χ1) is 17.9. The highest BCUT2D eigenvalue weighted by Crippen LogP contribution is 2.31. The second-order valence-electron chi connectivity index (χ2n) is 8.52. The number of nitriles is 2. The number of urea groups is 1. The lowest BCUT2D eigenvalue weighted by Crippen LogP contribution is -2.52. The number of benzene rings is 1. The number of anilines is 1. The van der Waals surface area contributed by atoms with Crippen LogP contribution in [0.2, 0.25) is 0 Å². The molecule has 2 amide bonds.